The number of benzene rings is 1. The molecule has 0 saturated heterocycles. The molecule has 1 aliphatic rings. The molecule has 0 bridgehead atoms. The smallest absolute Gasteiger partial charge is 0.213 e. The molecule has 0 amide bonds. The van der Waals surface area contributed by atoms with E-state index in [0.717, 1.165) is 23.4 Å². The van der Waals surface area contributed by atoms with Crippen molar-refractivity contribution in [1.29, 1.82) is 0 Å². The van der Waals surface area contributed by atoms with Crippen LogP contribution >= 0.6 is 11.8 Å². The van der Waals surface area contributed by atoms with Gasteiger partial charge in [-0.1, -0.05) is 6.07 Å². The van der Waals surface area contributed by atoms with Crippen LogP contribution < -0.4 is 10.1 Å². The predicted octanol–water partition coefficient (Wildman–Crippen LogP) is 3.56. The summed E-state index contributed by atoms with van der Waals surface area (Å²) in [5.41, 5.74) is 1.97. The highest BCUT2D eigenvalue weighted by atomic mass is 32.2. The van der Waals surface area contributed by atoms with Gasteiger partial charge in [-0.25, -0.2) is 9.37 Å². The lowest BCUT2D eigenvalue weighted by Crippen LogP contribution is -2.24. The number of halogens is 1. The zero-order chi connectivity index (χ0) is 14.7. The summed E-state index contributed by atoms with van der Waals surface area (Å²) in [6.45, 7) is 0.641. The topological polar surface area (TPSA) is 34.1 Å². The predicted molar refractivity (Wildman–Crippen MR) is 82.1 cm³/mol. The molecule has 1 aromatic carbocycles. The van der Waals surface area contributed by atoms with Crippen LogP contribution in [0.1, 0.15) is 23.7 Å². The van der Waals surface area contributed by atoms with E-state index in [1.165, 1.54) is 11.0 Å². The first kappa shape index (κ1) is 14.4. The van der Waals surface area contributed by atoms with E-state index in [-0.39, 0.29) is 11.9 Å². The fraction of sp³-hybridized carbons (Fsp3) is 0.312. The van der Waals surface area contributed by atoms with Gasteiger partial charge in [0.15, 0.2) is 0 Å². The maximum Gasteiger partial charge on any atom is 0.213 e. The summed E-state index contributed by atoms with van der Waals surface area (Å²) in [5.74, 6) is 1.48. The third-order valence-electron chi connectivity index (χ3n) is 3.53. The molecule has 1 aromatic heterocycles. The summed E-state index contributed by atoms with van der Waals surface area (Å²) in [6.07, 6.45) is 0.991. The molecule has 2 aromatic rings. The molecule has 5 heteroatoms. The molecular formula is C16H17FN2OS. The molecule has 21 heavy (non-hydrogen) atoms. The van der Waals surface area contributed by atoms with Crippen molar-refractivity contribution >= 4 is 11.8 Å². The number of pyridine rings is 1. The number of hydrogen-bond acceptors (Lipinski definition) is 4. The lowest BCUT2D eigenvalue weighted by atomic mass is 10.0. The fourth-order valence-electron chi connectivity index (χ4n) is 2.47. The Bertz CT molecular complexity index is 635. The summed E-state index contributed by atoms with van der Waals surface area (Å²) >= 11 is 1.79. The monoisotopic (exact) mass is 304 g/mol. The highest BCUT2D eigenvalue weighted by molar-refractivity contribution is 7.99. The number of ether oxygens (including phenoxy) is 1. The number of methoxy groups -OCH3 is 1. The second kappa shape index (κ2) is 6.45. The van der Waals surface area contributed by atoms with Crippen molar-refractivity contribution in [2.45, 2.75) is 23.9 Å². The Labute approximate surface area is 127 Å². The van der Waals surface area contributed by atoms with Crippen LogP contribution in [0.4, 0.5) is 4.39 Å². The van der Waals surface area contributed by atoms with Gasteiger partial charge < -0.3 is 10.1 Å². The summed E-state index contributed by atoms with van der Waals surface area (Å²) in [6, 6.07) is 10.9. The summed E-state index contributed by atoms with van der Waals surface area (Å²) in [5, 5.41) is 3.47. The molecule has 3 nitrogen and oxygen atoms in total. The highest BCUT2D eigenvalue weighted by Crippen LogP contribution is 2.36. The number of aromatic nitrogens is 1. The maximum absolute atomic E-state index is 13.5. The van der Waals surface area contributed by atoms with Crippen LogP contribution in [0.5, 0.6) is 5.88 Å². The Hall–Kier alpha value is -1.59. The molecule has 0 spiro atoms. The van der Waals surface area contributed by atoms with Gasteiger partial charge in [-0.05, 0) is 42.0 Å². The minimum absolute atomic E-state index is 0.171. The molecule has 1 atom stereocenters. The molecular weight excluding hydrogens is 287 g/mol. The van der Waals surface area contributed by atoms with E-state index < -0.39 is 0 Å². The van der Waals surface area contributed by atoms with Crippen molar-refractivity contribution in [1.82, 2.24) is 10.3 Å². The molecule has 110 valence electrons. The van der Waals surface area contributed by atoms with Gasteiger partial charge >= 0.3 is 0 Å². The molecule has 3 rings (SSSR count). The van der Waals surface area contributed by atoms with Crippen molar-refractivity contribution in [3.8, 4) is 5.88 Å². The van der Waals surface area contributed by atoms with Crippen LogP contribution in [0.25, 0.3) is 0 Å². The van der Waals surface area contributed by atoms with Gasteiger partial charge in [0.1, 0.15) is 5.82 Å². The van der Waals surface area contributed by atoms with E-state index in [9.17, 15) is 4.39 Å². The van der Waals surface area contributed by atoms with Crippen LogP contribution in [0.3, 0.4) is 0 Å². The molecule has 1 N–H and O–H groups in total. The van der Waals surface area contributed by atoms with Gasteiger partial charge in [0.2, 0.25) is 5.88 Å². The van der Waals surface area contributed by atoms with E-state index >= 15 is 0 Å². The maximum atomic E-state index is 13.5. The molecule has 0 fully saturated rings. The van der Waals surface area contributed by atoms with E-state index in [4.69, 9.17) is 4.74 Å². The van der Waals surface area contributed by atoms with E-state index in [1.54, 1.807) is 24.9 Å². The van der Waals surface area contributed by atoms with Crippen molar-refractivity contribution in [3.05, 3.63) is 53.5 Å². The standard InChI is InChI=1S/C16H17FN2OS/c1-20-16-4-2-3-12(19-16)10-18-14-7-8-21-15-6-5-11(17)9-13(14)15/h2-6,9,14,18H,7-8,10H2,1H3. The van der Waals surface area contributed by atoms with Crippen LogP contribution in [0.2, 0.25) is 0 Å². The Morgan fingerprint density at radius 1 is 1.38 bits per heavy atom. The lowest BCUT2D eigenvalue weighted by Gasteiger charge is -2.26. The SMILES string of the molecule is COc1cccc(CNC2CCSc3ccc(F)cc32)n1. The van der Waals surface area contributed by atoms with Crippen molar-refractivity contribution in [3.63, 3.8) is 0 Å². The van der Waals surface area contributed by atoms with Gasteiger partial charge in [-0.2, -0.15) is 0 Å². The van der Waals surface area contributed by atoms with Gasteiger partial charge in [0, 0.05) is 23.5 Å². The number of nitrogens with zero attached hydrogens (tertiary/aromatic N) is 1. The van der Waals surface area contributed by atoms with E-state index in [0.29, 0.717) is 12.4 Å². The molecule has 2 heterocycles. The Morgan fingerprint density at radius 2 is 2.29 bits per heavy atom. The summed E-state index contributed by atoms with van der Waals surface area (Å²) in [4.78, 5) is 5.55. The normalized spacial score (nSPS) is 17.3. The quantitative estimate of drug-likeness (QED) is 0.936. The van der Waals surface area contributed by atoms with Crippen LogP contribution in [-0.2, 0) is 6.54 Å². The van der Waals surface area contributed by atoms with Gasteiger partial charge in [0.25, 0.3) is 0 Å². The third-order valence-corrected chi connectivity index (χ3v) is 4.65. The van der Waals surface area contributed by atoms with Crippen LogP contribution in [0, 0.1) is 5.82 Å². The molecule has 1 unspecified atom stereocenters. The fourth-order valence-corrected chi connectivity index (χ4v) is 3.58. The largest absolute Gasteiger partial charge is 0.481 e. The number of hydrogen-bond donors (Lipinski definition) is 1. The van der Waals surface area contributed by atoms with Crippen molar-refractivity contribution in [2.24, 2.45) is 0 Å². The first-order valence-electron chi connectivity index (χ1n) is 6.92. The zero-order valence-corrected chi connectivity index (χ0v) is 12.6. The second-order valence-electron chi connectivity index (χ2n) is 4.92. The number of nitrogens with one attached hydrogen (secondary N) is 1. The minimum Gasteiger partial charge on any atom is -0.481 e. The Morgan fingerprint density at radius 3 is 3.14 bits per heavy atom. The van der Waals surface area contributed by atoms with E-state index in [1.807, 2.05) is 24.3 Å². The van der Waals surface area contributed by atoms with Crippen molar-refractivity contribution in [2.75, 3.05) is 12.9 Å². The molecule has 0 radical (unpaired) electrons. The minimum atomic E-state index is -0.178. The first-order chi connectivity index (χ1) is 10.3. The average Bonchev–Trinajstić information content (AvgIpc) is 2.53. The molecule has 0 saturated carbocycles. The second-order valence-corrected chi connectivity index (χ2v) is 6.06. The van der Waals surface area contributed by atoms with E-state index in [2.05, 4.69) is 10.3 Å². The van der Waals surface area contributed by atoms with Gasteiger partial charge in [0.05, 0.1) is 12.8 Å². The Balaban J connectivity index is 1.73. The Kier molecular flexibility index (Phi) is 4.41. The van der Waals surface area contributed by atoms with Gasteiger partial charge in [-0.3, -0.25) is 0 Å². The molecule has 0 aliphatic carbocycles. The third kappa shape index (κ3) is 3.36. The van der Waals surface area contributed by atoms with Gasteiger partial charge in [-0.15, -0.1) is 11.8 Å². The number of rotatable bonds is 4. The van der Waals surface area contributed by atoms with Crippen molar-refractivity contribution < 1.29 is 9.13 Å². The average molecular weight is 304 g/mol. The number of fused-ring (bicyclic) bond motifs is 1. The lowest BCUT2D eigenvalue weighted by molar-refractivity contribution is 0.394. The number of thioether (sulfide) groups is 1. The first-order valence-corrected chi connectivity index (χ1v) is 7.90. The van der Waals surface area contributed by atoms with Crippen LogP contribution in [0.15, 0.2) is 41.3 Å². The summed E-state index contributed by atoms with van der Waals surface area (Å²) in [7, 11) is 1.61. The zero-order valence-electron chi connectivity index (χ0n) is 11.8. The molecule has 1 aliphatic heterocycles. The summed E-state index contributed by atoms with van der Waals surface area (Å²) < 4.78 is 18.6. The highest BCUT2D eigenvalue weighted by Gasteiger charge is 2.20. The van der Waals surface area contributed by atoms with Crippen LogP contribution in [-0.4, -0.2) is 17.8 Å².